The van der Waals surface area contributed by atoms with E-state index in [1.54, 1.807) is 31.2 Å². The second kappa shape index (κ2) is 5.53. The zero-order chi connectivity index (χ0) is 14.9. The van der Waals surface area contributed by atoms with Gasteiger partial charge < -0.3 is 10.2 Å². The summed E-state index contributed by atoms with van der Waals surface area (Å²) in [5.74, 6) is 0.208. The molecule has 1 aromatic carbocycles. The number of benzene rings is 1. The molecule has 1 aromatic heterocycles. The predicted molar refractivity (Wildman–Crippen MR) is 81.1 cm³/mol. The minimum atomic E-state index is -0.984. The number of phenols is 1. The molecule has 0 radical (unpaired) electrons. The van der Waals surface area contributed by atoms with Crippen LogP contribution in [-0.2, 0) is 12.0 Å². The summed E-state index contributed by atoms with van der Waals surface area (Å²) in [7, 11) is 0. The normalized spacial score (nSPS) is 18.8. The predicted octanol–water partition coefficient (Wildman–Crippen LogP) is 3.15. The van der Waals surface area contributed by atoms with Gasteiger partial charge in [0.15, 0.2) is 0 Å². The lowest BCUT2D eigenvalue weighted by Gasteiger charge is -2.23. The van der Waals surface area contributed by atoms with Crippen molar-refractivity contribution in [2.24, 2.45) is 0 Å². The van der Waals surface area contributed by atoms with Gasteiger partial charge in [-0.25, -0.2) is 0 Å². The molecular formula is C17H22N2O2. The van der Waals surface area contributed by atoms with Crippen LogP contribution in [0.3, 0.4) is 0 Å². The minimum absolute atomic E-state index is 0.208. The molecule has 1 aliphatic rings. The summed E-state index contributed by atoms with van der Waals surface area (Å²) in [6.07, 6.45) is 7.47. The Kier molecular flexibility index (Phi) is 3.72. The van der Waals surface area contributed by atoms with Gasteiger partial charge in [0.05, 0.1) is 17.3 Å². The second-order valence-corrected chi connectivity index (χ2v) is 6.22. The summed E-state index contributed by atoms with van der Waals surface area (Å²) in [5.41, 5.74) is 0.707. The SMILES string of the molecule is CC(O)(Cc1ccn(C2CCCC2)n1)c1ccc(O)cc1. The van der Waals surface area contributed by atoms with Crippen molar-refractivity contribution in [3.63, 3.8) is 0 Å². The van der Waals surface area contributed by atoms with Crippen LogP contribution >= 0.6 is 0 Å². The van der Waals surface area contributed by atoms with Gasteiger partial charge in [0, 0.05) is 12.6 Å². The summed E-state index contributed by atoms with van der Waals surface area (Å²) in [5, 5.41) is 24.6. The molecular weight excluding hydrogens is 264 g/mol. The van der Waals surface area contributed by atoms with Gasteiger partial charge in [0.2, 0.25) is 0 Å². The number of aromatic hydroxyl groups is 1. The van der Waals surface area contributed by atoms with Crippen LogP contribution in [0, 0.1) is 0 Å². The van der Waals surface area contributed by atoms with Gasteiger partial charge in [-0.15, -0.1) is 0 Å². The van der Waals surface area contributed by atoms with E-state index < -0.39 is 5.60 Å². The molecule has 1 aliphatic carbocycles. The largest absolute Gasteiger partial charge is 0.508 e. The number of phenolic OH excluding ortho intramolecular Hbond substituents is 1. The summed E-state index contributed by atoms with van der Waals surface area (Å²) in [6.45, 7) is 1.79. The highest BCUT2D eigenvalue weighted by Crippen LogP contribution is 2.30. The third kappa shape index (κ3) is 3.10. The lowest BCUT2D eigenvalue weighted by molar-refractivity contribution is 0.0563. The Balaban J connectivity index is 1.74. The maximum absolute atomic E-state index is 10.7. The first kappa shape index (κ1) is 14.1. The monoisotopic (exact) mass is 286 g/mol. The molecule has 1 heterocycles. The standard InChI is InChI=1S/C17H22N2O2/c1-17(21,13-6-8-16(20)9-7-13)12-14-10-11-19(18-14)15-4-2-3-5-15/h6-11,15,20-21H,2-5,12H2,1H3. The summed E-state index contributed by atoms with van der Waals surface area (Å²) >= 11 is 0. The van der Waals surface area contributed by atoms with Crippen molar-refractivity contribution in [2.75, 3.05) is 0 Å². The van der Waals surface area contributed by atoms with Crippen LogP contribution in [0.1, 0.15) is 49.9 Å². The second-order valence-electron chi connectivity index (χ2n) is 6.22. The first-order valence-corrected chi connectivity index (χ1v) is 7.60. The average Bonchev–Trinajstić information content (AvgIpc) is 3.09. The Morgan fingerprint density at radius 2 is 1.86 bits per heavy atom. The average molecular weight is 286 g/mol. The maximum Gasteiger partial charge on any atom is 0.115 e. The summed E-state index contributed by atoms with van der Waals surface area (Å²) < 4.78 is 2.05. The molecule has 0 aliphatic heterocycles. The van der Waals surface area contributed by atoms with Crippen LogP contribution in [0.2, 0.25) is 0 Å². The van der Waals surface area contributed by atoms with Gasteiger partial charge in [-0.3, -0.25) is 4.68 Å². The molecule has 4 nitrogen and oxygen atoms in total. The van der Waals surface area contributed by atoms with Gasteiger partial charge in [-0.05, 0) is 43.5 Å². The molecule has 0 bridgehead atoms. The van der Waals surface area contributed by atoms with Crippen molar-refractivity contribution < 1.29 is 10.2 Å². The fourth-order valence-electron chi connectivity index (χ4n) is 3.12. The fraction of sp³-hybridized carbons (Fsp3) is 0.471. The van der Waals surface area contributed by atoms with Gasteiger partial charge in [0.1, 0.15) is 5.75 Å². The highest BCUT2D eigenvalue weighted by Gasteiger charge is 2.25. The quantitative estimate of drug-likeness (QED) is 0.907. The Labute approximate surface area is 125 Å². The Hall–Kier alpha value is -1.81. The molecule has 4 heteroatoms. The highest BCUT2D eigenvalue weighted by molar-refractivity contribution is 5.30. The zero-order valence-corrected chi connectivity index (χ0v) is 12.4. The van der Waals surface area contributed by atoms with Gasteiger partial charge in [-0.2, -0.15) is 5.10 Å². The number of hydrogen-bond acceptors (Lipinski definition) is 3. The molecule has 2 N–H and O–H groups in total. The van der Waals surface area contributed by atoms with Crippen LogP contribution in [0.5, 0.6) is 5.75 Å². The van der Waals surface area contributed by atoms with Crippen molar-refractivity contribution >= 4 is 0 Å². The smallest absolute Gasteiger partial charge is 0.115 e. The van der Waals surface area contributed by atoms with Crippen molar-refractivity contribution in [1.29, 1.82) is 0 Å². The summed E-state index contributed by atoms with van der Waals surface area (Å²) in [4.78, 5) is 0. The number of rotatable bonds is 4. The van der Waals surface area contributed by atoms with E-state index in [0.717, 1.165) is 11.3 Å². The number of hydrogen-bond donors (Lipinski definition) is 2. The molecule has 112 valence electrons. The molecule has 0 amide bonds. The van der Waals surface area contributed by atoms with E-state index in [2.05, 4.69) is 9.78 Å². The zero-order valence-electron chi connectivity index (χ0n) is 12.4. The highest BCUT2D eigenvalue weighted by atomic mass is 16.3. The minimum Gasteiger partial charge on any atom is -0.508 e. The Morgan fingerprint density at radius 3 is 2.52 bits per heavy atom. The first-order chi connectivity index (χ1) is 10.0. The molecule has 1 saturated carbocycles. The van der Waals surface area contributed by atoms with Gasteiger partial charge in [-0.1, -0.05) is 25.0 Å². The molecule has 21 heavy (non-hydrogen) atoms. The van der Waals surface area contributed by atoms with Crippen LogP contribution in [0.15, 0.2) is 36.5 Å². The summed E-state index contributed by atoms with van der Waals surface area (Å²) in [6, 6.07) is 9.22. The molecule has 2 aromatic rings. The molecule has 0 saturated heterocycles. The van der Waals surface area contributed by atoms with E-state index in [1.165, 1.54) is 25.7 Å². The Bertz CT molecular complexity index is 596. The fourth-order valence-corrected chi connectivity index (χ4v) is 3.12. The van der Waals surface area contributed by atoms with Crippen molar-refractivity contribution in [3.8, 4) is 5.75 Å². The van der Waals surface area contributed by atoms with Gasteiger partial charge >= 0.3 is 0 Å². The third-order valence-electron chi connectivity index (χ3n) is 4.38. The first-order valence-electron chi connectivity index (χ1n) is 7.60. The Morgan fingerprint density at radius 1 is 1.19 bits per heavy atom. The number of aliphatic hydroxyl groups is 1. The van der Waals surface area contributed by atoms with E-state index in [1.807, 2.05) is 12.3 Å². The molecule has 3 rings (SSSR count). The van der Waals surface area contributed by atoms with E-state index in [0.29, 0.717) is 12.5 Å². The van der Waals surface area contributed by atoms with Crippen LogP contribution in [-0.4, -0.2) is 20.0 Å². The molecule has 1 unspecified atom stereocenters. The van der Waals surface area contributed by atoms with Crippen LogP contribution in [0.25, 0.3) is 0 Å². The van der Waals surface area contributed by atoms with Crippen molar-refractivity contribution in [3.05, 3.63) is 47.8 Å². The van der Waals surface area contributed by atoms with Crippen molar-refractivity contribution in [2.45, 2.75) is 50.7 Å². The van der Waals surface area contributed by atoms with Crippen molar-refractivity contribution in [1.82, 2.24) is 9.78 Å². The maximum atomic E-state index is 10.7. The molecule has 1 atom stereocenters. The van der Waals surface area contributed by atoms with E-state index in [4.69, 9.17) is 0 Å². The van der Waals surface area contributed by atoms with E-state index >= 15 is 0 Å². The third-order valence-corrected chi connectivity index (χ3v) is 4.38. The number of nitrogens with zero attached hydrogens (tertiary/aromatic N) is 2. The molecule has 1 fully saturated rings. The number of aromatic nitrogens is 2. The van der Waals surface area contributed by atoms with E-state index in [-0.39, 0.29) is 5.75 Å². The van der Waals surface area contributed by atoms with Crippen LogP contribution < -0.4 is 0 Å². The van der Waals surface area contributed by atoms with E-state index in [9.17, 15) is 10.2 Å². The van der Waals surface area contributed by atoms with Gasteiger partial charge in [0.25, 0.3) is 0 Å². The topological polar surface area (TPSA) is 58.3 Å². The molecule has 0 spiro atoms. The lowest BCUT2D eigenvalue weighted by atomic mass is 9.91. The lowest BCUT2D eigenvalue weighted by Crippen LogP contribution is -2.24. The van der Waals surface area contributed by atoms with Crippen LogP contribution in [0.4, 0.5) is 0 Å².